The van der Waals surface area contributed by atoms with Crippen LogP contribution in [0.1, 0.15) is 27.9 Å². The number of phosphoric ester groups is 3. The second kappa shape index (κ2) is 19.0. The number of nitrogens with zero attached hydrogens (tertiary/aromatic N) is 4. The number of rotatable bonds is 18. The van der Waals surface area contributed by atoms with Crippen LogP contribution in [0.4, 0.5) is 5.82 Å². The second-order valence-corrected chi connectivity index (χ2v) is 15.5. The molecular weight excluding hydrogens is 754 g/mol. The van der Waals surface area contributed by atoms with Crippen molar-refractivity contribution in [2.24, 2.45) is 5.41 Å². The fraction of sp³-hybridized carbons (Fsp3) is 0.667. The van der Waals surface area contributed by atoms with Crippen LogP contribution in [-0.2, 0) is 45.9 Å². The number of fused-ring (bicyclic) bond motifs is 1. The number of aliphatic hydroxyl groups is 2. The van der Waals surface area contributed by atoms with E-state index in [1.807, 2.05) is 0 Å². The van der Waals surface area contributed by atoms with Gasteiger partial charge in [-0.2, -0.15) is 16.9 Å². The number of amides is 2. The first-order valence-electron chi connectivity index (χ1n) is 13.7. The van der Waals surface area contributed by atoms with Crippen molar-refractivity contribution in [1.29, 1.82) is 0 Å². The van der Waals surface area contributed by atoms with Gasteiger partial charge in [-0.05, 0) is 0 Å². The largest absolute Gasteiger partial charge is 1.00 e. The summed E-state index contributed by atoms with van der Waals surface area (Å²) in [5.74, 6) is -0.943. The van der Waals surface area contributed by atoms with Gasteiger partial charge in [0.2, 0.25) is 11.8 Å². The zero-order chi connectivity index (χ0) is 36.1. The Bertz CT molecular complexity index is 1610. The molecule has 29 heteroatoms. The molecule has 0 saturated carbocycles. The minimum absolute atomic E-state index is 0. The molecule has 3 heterocycles. The quantitative estimate of drug-likeness (QED) is 0.0382. The Kier molecular flexibility index (Phi) is 17.6. The predicted octanol–water partition coefficient (Wildman–Crippen LogP) is -5.37. The first-order valence-corrected chi connectivity index (χ1v) is 18.8. The number of imidazole rings is 1. The number of hydrogen-bond donors (Lipinski definition) is 10. The van der Waals surface area contributed by atoms with Crippen LogP contribution in [0.3, 0.4) is 0 Å². The second-order valence-electron chi connectivity index (χ2n) is 10.8. The van der Waals surface area contributed by atoms with Crippen LogP contribution in [0.5, 0.6) is 0 Å². The van der Waals surface area contributed by atoms with Crippen molar-refractivity contribution in [2.75, 3.05) is 37.8 Å². The maximum atomic E-state index is 12.6. The molecule has 1 saturated heterocycles. The minimum atomic E-state index is -5.54. The first kappa shape index (κ1) is 46.5. The molecule has 1 fully saturated rings. The number of ether oxygens (including phenoxy) is 1. The normalized spacial score (nSPS) is 22.4. The van der Waals surface area contributed by atoms with Gasteiger partial charge in [0.1, 0.15) is 36.3 Å². The number of thiol groups is 1. The summed E-state index contributed by atoms with van der Waals surface area (Å²) in [5, 5.41) is 26.1. The number of nitrogens with two attached hydrogens (primary N) is 1. The van der Waals surface area contributed by atoms with Crippen molar-refractivity contribution >= 4 is 64.9 Å². The fourth-order valence-electron chi connectivity index (χ4n) is 4.14. The average Bonchev–Trinajstić information content (AvgIpc) is 3.54. The molecule has 0 aliphatic carbocycles. The van der Waals surface area contributed by atoms with E-state index >= 15 is 0 Å². The van der Waals surface area contributed by atoms with Crippen LogP contribution in [0.2, 0.25) is 0 Å². The van der Waals surface area contributed by atoms with Gasteiger partial charge in [-0.25, -0.2) is 28.6 Å². The topological polar surface area (TPSA) is 378 Å². The van der Waals surface area contributed by atoms with E-state index < -0.39 is 78.6 Å². The third kappa shape index (κ3) is 13.1. The Morgan fingerprint density at radius 3 is 2.38 bits per heavy atom. The molecule has 24 nitrogen and oxygen atoms in total. The predicted molar refractivity (Wildman–Crippen MR) is 168 cm³/mol. The van der Waals surface area contributed by atoms with Crippen molar-refractivity contribution in [1.82, 2.24) is 30.2 Å². The molecule has 7 atom stereocenters. The summed E-state index contributed by atoms with van der Waals surface area (Å²) in [6.45, 7) is 0.723. The van der Waals surface area contributed by atoms with Gasteiger partial charge in [0.05, 0.1) is 19.5 Å². The van der Waals surface area contributed by atoms with Gasteiger partial charge in [0.15, 0.2) is 17.7 Å². The van der Waals surface area contributed by atoms with Crippen LogP contribution in [0, 0.1) is 5.41 Å². The number of aliphatic hydroxyl groups excluding tert-OH is 2. The molecule has 1 aliphatic rings. The zero-order valence-electron chi connectivity index (χ0n) is 27.7. The Morgan fingerprint density at radius 1 is 1.12 bits per heavy atom. The molecule has 50 heavy (non-hydrogen) atoms. The summed E-state index contributed by atoms with van der Waals surface area (Å²) in [5.41, 5.74) is 4.30. The van der Waals surface area contributed by atoms with Gasteiger partial charge in [-0.3, -0.25) is 27.7 Å². The van der Waals surface area contributed by atoms with Crippen molar-refractivity contribution in [2.45, 2.75) is 50.9 Å². The van der Waals surface area contributed by atoms with Gasteiger partial charge in [0.25, 0.3) is 0 Å². The number of nitrogen functional groups attached to an aromatic ring is 1. The molecule has 2 aromatic rings. The fourth-order valence-corrected chi connectivity index (χ4v) is 7.08. The van der Waals surface area contributed by atoms with E-state index in [0.717, 1.165) is 17.2 Å². The van der Waals surface area contributed by atoms with Gasteiger partial charge < -0.3 is 57.8 Å². The van der Waals surface area contributed by atoms with E-state index in [2.05, 4.69) is 47.0 Å². The van der Waals surface area contributed by atoms with Crippen LogP contribution < -0.4 is 35.2 Å². The number of anilines is 1. The Hall–Kier alpha value is -1.55. The molecule has 3 rings (SSSR count). The van der Waals surface area contributed by atoms with Gasteiger partial charge in [-0.15, -0.1) is 0 Å². The van der Waals surface area contributed by atoms with Gasteiger partial charge in [-0.1, -0.05) is 13.8 Å². The summed E-state index contributed by atoms with van der Waals surface area (Å²) < 4.78 is 61.7. The molecule has 0 spiro atoms. The first-order chi connectivity index (χ1) is 22.2. The van der Waals surface area contributed by atoms with E-state index in [9.17, 15) is 53.1 Å². The minimum Gasteiger partial charge on any atom is -1.00 e. The van der Waals surface area contributed by atoms with Crippen LogP contribution in [0.25, 0.3) is 11.2 Å². The molecule has 2 aromatic heterocycles. The summed E-state index contributed by atoms with van der Waals surface area (Å²) in [6, 6.07) is 0. The smallest absolute Gasteiger partial charge is 1.00 e. The molecular formula is C21H39LiN7O17P3S. The number of hydrogen-bond acceptors (Lipinski definition) is 17. The SMILES string of the molecule is CC(C)(COP(=O)(O)OP(=O)(O)OC[C@H]1O[C@@H](n2cnc3c(N)ncnc32)[C@H](O)[C@@H]1OP(=O)(O)O)[C@@H](O)C(=O)NCCC(=O)NCCS.O.[H-].[Li+]. The average molecular weight is 794 g/mol. The Balaban J connectivity index is 0.00000833. The molecule has 0 aromatic carbocycles. The Morgan fingerprint density at radius 2 is 1.76 bits per heavy atom. The standard InChI is InChI=1S/C21H36N7O16P3S.Li.H2O.H/c1-21(2,16(31)19(32)24-4-3-12(29)23-5-6-48)8-41-47(38,39)44-46(36,37)40-7-11-15(43-45(33,34)35)14(30)20(42-11)28-10-27-13-17(22)25-9-26-18(13)28;;;/h9-11,14-16,20,30-31,48H,3-8H2,1-2H3,(H,23,29)(H,24,32)(H,36,37)(H,38,39)(H2,22,25,26)(H2,33,34,35);;1H2;/q;+1;;-1/t11-,14-,15-,16+,20-;;;/m1.../s1. The summed E-state index contributed by atoms with van der Waals surface area (Å²) in [4.78, 5) is 74.6. The summed E-state index contributed by atoms with van der Waals surface area (Å²) in [6.07, 6.45) is -6.74. The number of aromatic nitrogens is 4. The van der Waals surface area contributed by atoms with Crippen LogP contribution in [-0.4, -0.2) is 123 Å². The number of carbonyl (C=O) groups excluding carboxylic acids is 2. The molecule has 0 bridgehead atoms. The summed E-state index contributed by atoms with van der Waals surface area (Å²) >= 11 is 3.95. The number of phosphoric acid groups is 3. The maximum Gasteiger partial charge on any atom is 1.00 e. The van der Waals surface area contributed by atoms with E-state index in [4.69, 9.17) is 19.5 Å². The molecule has 12 N–H and O–H groups in total. The molecule has 1 aliphatic heterocycles. The van der Waals surface area contributed by atoms with Crippen molar-refractivity contribution in [3.63, 3.8) is 0 Å². The van der Waals surface area contributed by atoms with E-state index in [0.29, 0.717) is 12.3 Å². The van der Waals surface area contributed by atoms with Crippen molar-refractivity contribution < 1.29 is 101 Å². The van der Waals surface area contributed by atoms with Crippen LogP contribution in [0.15, 0.2) is 12.7 Å². The van der Waals surface area contributed by atoms with Crippen molar-refractivity contribution in [3.05, 3.63) is 12.7 Å². The molecule has 282 valence electrons. The Labute approximate surface area is 302 Å². The van der Waals surface area contributed by atoms with Crippen LogP contribution >= 0.6 is 36.1 Å². The van der Waals surface area contributed by atoms with E-state index in [-0.39, 0.29) is 61.6 Å². The molecule has 2 amide bonds. The van der Waals surface area contributed by atoms with Gasteiger partial charge in [0, 0.05) is 30.7 Å². The van der Waals surface area contributed by atoms with Gasteiger partial charge >= 0.3 is 42.3 Å². The maximum absolute atomic E-state index is 12.6. The summed E-state index contributed by atoms with van der Waals surface area (Å²) in [7, 11) is -16.3. The zero-order valence-corrected chi connectivity index (χ0v) is 30.3. The van der Waals surface area contributed by atoms with E-state index in [1.165, 1.54) is 13.8 Å². The number of carbonyl (C=O) groups is 2. The third-order valence-electron chi connectivity index (χ3n) is 6.51. The number of nitrogens with one attached hydrogen (secondary N) is 2. The molecule has 0 radical (unpaired) electrons. The third-order valence-corrected chi connectivity index (χ3v) is 9.83. The van der Waals surface area contributed by atoms with E-state index in [1.54, 1.807) is 0 Å². The molecule has 2 unspecified atom stereocenters. The van der Waals surface area contributed by atoms with Crippen molar-refractivity contribution in [3.8, 4) is 0 Å². The monoisotopic (exact) mass is 793 g/mol.